The van der Waals surface area contributed by atoms with Crippen LogP contribution in [-0.2, 0) is 0 Å². The molecule has 0 saturated heterocycles. The Kier molecular flexibility index (Phi) is 2.85. The van der Waals surface area contributed by atoms with Crippen LogP contribution in [0.1, 0.15) is 11.1 Å². The fourth-order valence-corrected chi connectivity index (χ4v) is 1.68. The van der Waals surface area contributed by atoms with Crippen molar-refractivity contribution in [2.45, 2.75) is 0 Å². The van der Waals surface area contributed by atoms with E-state index in [9.17, 15) is 4.39 Å². The molecule has 0 heterocycles. The second-order valence-corrected chi connectivity index (χ2v) is 3.43. The zero-order valence-corrected chi connectivity index (χ0v) is 8.81. The second kappa shape index (κ2) is 4.47. The van der Waals surface area contributed by atoms with Crippen molar-refractivity contribution in [1.82, 2.24) is 0 Å². The van der Waals surface area contributed by atoms with Gasteiger partial charge >= 0.3 is 0 Å². The molecule has 0 unspecified atom stereocenters. The van der Waals surface area contributed by atoms with E-state index in [1.807, 2.05) is 18.2 Å². The summed E-state index contributed by atoms with van der Waals surface area (Å²) in [6, 6.07) is 15.2. The summed E-state index contributed by atoms with van der Waals surface area (Å²) in [4.78, 5) is 0. The van der Waals surface area contributed by atoms with E-state index in [1.54, 1.807) is 24.3 Å². The Morgan fingerprint density at radius 3 is 2.18 bits per heavy atom. The van der Waals surface area contributed by atoms with Crippen LogP contribution in [0.15, 0.2) is 42.5 Å². The monoisotopic (exact) mass is 222 g/mol. The number of hydrogen-bond donors (Lipinski definition) is 0. The molecule has 80 valence electrons. The number of nitriles is 2. The van der Waals surface area contributed by atoms with Crippen molar-refractivity contribution in [1.29, 1.82) is 10.5 Å². The number of benzene rings is 2. The Hall–Kier alpha value is -2.65. The van der Waals surface area contributed by atoms with Crippen LogP contribution in [0, 0.1) is 28.5 Å². The molecule has 0 radical (unpaired) electrons. The highest BCUT2D eigenvalue weighted by Gasteiger charge is 2.14. The molecule has 2 nitrogen and oxygen atoms in total. The van der Waals surface area contributed by atoms with Crippen molar-refractivity contribution in [3.63, 3.8) is 0 Å². The van der Waals surface area contributed by atoms with Crippen LogP contribution in [0.5, 0.6) is 0 Å². The van der Waals surface area contributed by atoms with E-state index in [0.717, 1.165) is 6.07 Å². The van der Waals surface area contributed by atoms with Crippen molar-refractivity contribution in [3.05, 3.63) is 59.4 Å². The average Bonchev–Trinajstić information content (AvgIpc) is 2.39. The summed E-state index contributed by atoms with van der Waals surface area (Å²) in [7, 11) is 0. The molecule has 0 aliphatic heterocycles. The molecule has 0 saturated carbocycles. The highest BCUT2D eigenvalue weighted by Crippen LogP contribution is 2.28. The lowest BCUT2D eigenvalue weighted by atomic mass is 9.95. The van der Waals surface area contributed by atoms with Gasteiger partial charge in [-0.2, -0.15) is 10.5 Å². The maximum absolute atomic E-state index is 13.5. The van der Waals surface area contributed by atoms with E-state index in [-0.39, 0.29) is 5.56 Å². The average molecular weight is 222 g/mol. The third kappa shape index (κ3) is 1.87. The summed E-state index contributed by atoms with van der Waals surface area (Å²) in [5.74, 6) is -0.606. The minimum absolute atomic E-state index is 0.0877. The predicted octanol–water partition coefficient (Wildman–Crippen LogP) is 3.24. The minimum Gasteiger partial charge on any atom is -0.206 e. The molecule has 0 N–H and O–H groups in total. The van der Waals surface area contributed by atoms with Crippen LogP contribution < -0.4 is 0 Å². The SMILES string of the molecule is N#Cc1ccc(F)c(C#N)c1-c1ccccc1. The first-order valence-corrected chi connectivity index (χ1v) is 4.96. The molecule has 0 fully saturated rings. The van der Waals surface area contributed by atoms with Crippen molar-refractivity contribution in [2.24, 2.45) is 0 Å². The minimum atomic E-state index is -0.606. The highest BCUT2D eigenvalue weighted by molar-refractivity contribution is 5.76. The molecule has 0 aliphatic carbocycles. The first kappa shape index (κ1) is 10.9. The fourth-order valence-electron chi connectivity index (χ4n) is 1.68. The van der Waals surface area contributed by atoms with Crippen LogP contribution >= 0.6 is 0 Å². The summed E-state index contributed by atoms with van der Waals surface area (Å²) < 4.78 is 13.5. The maximum Gasteiger partial charge on any atom is 0.141 e. The molecule has 0 bridgehead atoms. The van der Waals surface area contributed by atoms with Gasteiger partial charge in [-0.1, -0.05) is 30.3 Å². The summed E-state index contributed by atoms with van der Waals surface area (Å²) in [5.41, 5.74) is 1.24. The van der Waals surface area contributed by atoms with Gasteiger partial charge in [0.15, 0.2) is 0 Å². The maximum atomic E-state index is 13.5. The van der Waals surface area contributed by atoms with Crippen LogP contribution in [0.25, 0.3) is 11.1 Å². The van der Waals surface area contributed by atoms with E-state index in [4.69, 9.17) is 10.5 Å². The van der Waals surface area contributed by atoms with E-state index < -0.39 is 5.82 Å². The quantitative estimate of drug-likeness (QED) is 0.743. The number of nitrogens with zero attached hydrogens (tertiary/aromatic N) is 2. The number of rotatable bonds is 1. The summed E-state index contributed by atoms with van der Waals surface area (Å²) in [6.07, 6.45) is 0. The van der Waals surface area contributed by atoms with E-state index in [0.29, 0.717) is 16.7 Å². The molecule has 2 rings (SSSR count). The highest BCUT2D eigenvalue weighted by atomic mass is 19.1. The molecule has 2 aromatic rings. The normalized spacial score (nSPS) is 9.35. The van der Waals surface area contributed by atoms with Gasteiger partial charge in [-0.3, -0.25) is 0 Å². The van der Waals surface area contributed by atoms with Crippen molar-refractivity contribution < 1.29 is 4.39 Å². The lowest BCUT2D eigenvalue weighted by Crippen LogP contribution is -1.93. The Balaban J connectivity index is 2.81. The van der Waals surface area contributed by atoms with Gasteiger partial charge < -0.3 is 0 Å². The van der Waals surface area contributed by atoms with Gasteiger partial charge in [0.25, 0.3) is 0 Å². The smallest absolute Gasteiger partial charge is 0.141 e. The van der Waals surface area contributed by atoms with E-state index in [2.05, 4.69) is 0 Å². The van der Waals surface area contributed by atoms with Crippen LogP contribution in [0.2, 0.25) is 0 Å². The third-order valence-electron chi connectivity index (χ3n) is 2.45. The van der Waals surface area contributed by atoms with Gasteiger partial charge in [0, 0.05) is 5.56 Å². The first-order chi connectivity index (χ1) is 8.27. The summed E-state index contributed by atoms with van der Waals surface area (Å²) in [6.45, 7) is 0. The molecule has 0 aromatic heterocycles. The van der Waals surface area contributed by atoms with Crippen molar-refractivity contribution >= 4 is 0 Å². The number of halogens is 1. The van der Waals surface area contributed by atoms with Crippen LogP contribution in [-0.4, -0.2) is 0 Å². The third-order valence-corrected chi connectivity index (χ3v) is 2.45. The summed E-state index contributed by atoms with van der Waals surface area (Å²) >= 11 is 0. The molecule has 2 aromatic carbocycles. The fraction of sp³-hybridized carbons (Fsp3) is 0. The Morgan fingerprint density at radius 2 is 1.59 bits per heavy atom. The molecular weight excluding hydrogens is 215 g/mol. The van der Waals surface area contributed by atoms with Gasteiger partial charge in [-0.25, -0.2) is 4.39 Å². The molecule has 17 heavy (non-hydrogen) atoms. The topological polar surface area (TPSA) is 47.6 Å². The molecule has 0 spiro atoms. The predicted molar refractivity (Wildman–Crippen MR) is 61.3 cm³/mol. The Labute approximate surface area is 98.2 Å². The lowest BCUT2D eigenvalue weighted by Gasteiger charge is -2.07. The van der Waals surface area contributed by atoms with E-state index in [1.165, 1.54) is 6.07 Å². The largest absolute Gasteiger partial charge is 0.206 e. The van der Waals surface area contributed by atoms with Crippen LogP contribution in [0.3, 0.4) is 0 Å². The Morgan fingerprint density at radius 1 is 0.882 bits per heavy atom. The van der Waals surface area contributed by atoms with Gasteiger partial charge in [0.2, 0.25) is 0 Å². The summed E-state index contributed by atoms with van der Waals surface area (Å²) in [5, 5.41) is 18.0. The van der Waals surface area contributed by atoms with Crippen LogP contribution in [0.4, 0.5) is 4.39 Å². The molecule has 0 atom stereocenters. The molecule has 3 heteroatoms. The molecule has 0 amide bonds. The zero-order valence-electron chi connectivity index (χ0n) is 8.81. The van der Waals surface area contributed by atoms with Gasteiger partial charge in [-0.15, -0.1) is 0 Å². The van der Waals surface area contributed by atoms with Gasteiger partial charge in [0.05, 0.1) is 17.2 Å². The van der Waals surface area contributed by atoms with Crippen molar-refractivity contribution in [3.8, 4) is 23.3 Å². The molecule has 0 aliphatic rings. The van der Waals surface area contributed by atoms with Crippen molar-refractivity contribution in [2.75, 3.05) is 0 Å². The van der Waals surface area contributed by atoms with Gasteiger partial charge in [0.1, 0.15) is 11.9 Å². The van der Waals surface area contributed by atoms with Gasteiger partial charge in [-0.05, 0) is 17.7 Å². The second-order valence-electron chi connectivity index (χ2n) is 3.43. The lowest BCUT2D eigenvalue weighted by molar-refractivity contribution is 0.624. The Bertz CT molecular complexity index is 634. The molecular formula is C14H7FN2. The zero-order chi connectivity index (χ0) is 12.3. The van der Waals surface area contributed by atoms with E-state index >= 15 is 0 Å². The standard InChI is InChI=1S/C14H7FN2/c15-13-7-6-11(8-16)14(12(13)9-17)10-4-2-1-3-5-10/h1-7H. The number of hydrogen-bond acceptors (Lipinski definition) is 2. The first-order valence-electron chi connectivity index (χ1n) is 4.96.